The number of halogens is 1. The first-order valence-electron chi connectivity index (χ1n) is 7.89. The van der Waals surface area contributed by atoms with E-state index in [-0.39, 0.29) is 11.8 Å². The smallest absolute Gasteiger partial charge is 0.251 e. The number of nitrogens with zero attached hydrogens (tertiary/aromatic N) is 1. The van der Waals surface area contributed by atoms with E-state index in [0.29, 0.717) is 17.8 Å². The van der Waals surface area contributed by atoms with Gasteiger partial charge in [0, 0.05) is 24.3 Å². The first-order valence-corrected chi connectivity index (χ1v) is 8.26. The Hall–Kier alpha value is -1.59. The van der Waals surface area contributed by atoms with Crippen LogP contribution in [0.3, 0.4) is 0 Å². The zero-order valence-corrected chi connectivity index (χ0v) is 15.0. The van der Waals surface area contributed by atoms with Crippen molar-refractivity contribution < 1.29 is 9.59 Å². The second-order valence-electron chi connectivity index (χ2n) is 5.79. The van der Waals surface area contributed by atoms with E-state index in [4.69, 9.17) is 11.6 Å². The Balaban J connectivity index is 2.52. The number of benzene rings is 1. The van der Waals surface area contributed by atoms with Gasteiger partial charge in [-0.2, -0.15) is 0 Å². The molecule has 2 N–H and O–H groups in total. The van der Waals surface area contributed by atoms with E-state index in [2.05, 4.69) is 29.4 Å². The predicted octanol–water partition coefficient (Wildman–Crippen LogP) is 2.71. The molecule has 0 radical (unpaired) electrons. The van der Waals surface area contributed by atoms with Gasteiger partial charge >= 0.3 is 0 Å². The lowest BCUT2D eigenvalue weighted by Crippen LogP contribution is -2.34. The molecule has 0 aliphatic heterocycles. The number of carbonyl (C=O) groups is 2. The van der Waals surface area contributed by atoms with Crippen LogP contribution in [0.1, 0.15) is 38.1 Å². The molecule has 0 saturated heterocycles. The topological polar surface area (TPSA) is 61.4 Å². The molecule has 23 heavy (non-hydrogen) atoms. The van der Waals surface area contributed by atoms with Crippen molar-refractivity contribution in [3.8, 4) is 0 Å². The number of rotatable bonds is 8. The Kier molecular flexibility index (Phi) is 7.52. The van der Waals surface area contributed by atoms with Gasteiger partial charge < -0.3 is 15.5 Å². The van der Waals surface area contributed by atoms with Crippen LogP contribution in [0.15, 0.2) is 24.3 Å². The molecule has 0 bridgehead atoms. The summed E-state index contributed by atoms with van der Waals surface area (Å²) in [5.41, 5.74) is 1.18. The third kappa shape index (κ3) is 6.59. The Bertz CT molecular complexity index is 520. The number of alkyl halides is 1. The first-order chi connectivity index (χ1) is 10.8. The fourth-order valence-corrected chi connectivity index (χ4v) is 2.00. The number of likely N-dealkylation sites (N-methyl/N-ethyl adjacent to an activating group) is 1. The number of amides is 2. The summed E-state index contributed by atoms with van der Waals surface area (Å²) in [5, 5.41) is 5.61. The maximum absolute atomic E-state index is 12.1. The van der Waals surface area contributed by atoms with Gasteiger partial charge in [-0.3, -0.25) is 9.59 Å². The van der Waals surface area contributed by atoms with E-state index < -0.39 is 4.87 Å². The fourth-order valence-electron chi connectivity index (χ4n) is 1.95. The van der Waals surface area contributed by atoms with Crippen LogP contribution < -0.4 is 10.6 Å². The van der Waals surface area contributed by atoms with E-state index in [9.17, 15) is 9.59 Å². The summed E-state index contributed by atoms with van der Waals surface area (Å²) >= 11 is 5.94. The molecule has 0 unspecified atom stereocenters. The van der Waals surface area contributed by atoms with Crippen molar-refractivity contribution in [2.75, 3.05) is 31.5 Å². The van der Waals surface area contributed by atoms with Crippen molar-refractivity contribution in [3.05, 3.63) is 29.8 Å². The molecular weight excluding hydrogens is 314 g/mol. The molecule has 128 valence electrons. The van der Waals surface area contributed by atoms with Crippen LogP contribution in [-0.4, -0.2) is 47.8 Å². The zero-order chi connectivity index (χ0) is 17.5. The van der Waals surface area contributed by atoms with Crippen LogP contribution >= 0.6 is 11.6 Å². The standard InChI is InChI=1S/C17H26ClN3O2/c1-5-21(6-2)12-11-19-15(22)13-7-9-14(10-8-13)20-16(23)17(3,4)18/h7-10H,5-6,11-12H2,1-4H3,(H,19,22)(H,20,23). The molecule has 0 atom stereocenters. The van der Waals surface area contributed by atoms with Crippen molar-refractivity contribution in [2.45, 2.75) is 32.6 Å². The quantitative estimate of drug-likeness (QED) is 0.716. The Morgan fingerprint density at radius 3 is 2.17 bits per heavy atom. The van der Waals surface area contributed by atoms with Crippen LogP contribution in [0, 0.1) is 0 Å². The van der Waals surface area contributed by atoms with Gasteiger partial charge in [-0.15, -0.1) is 11.6 Å². The normalized spacial score (nSPS) is 11.4. The lowest BCUT2D eigenvalue weighted by atomic mass is 10.1. The summed E-state index contributed by atoms with van der Waals surface area (Å²) in [6.45, 7) is 10.8. The SMILES string of the molecule is CCN(CC)CCNC(=O)c1ccc(NC(=O)C(C)(C)Cl)cc1. The first kappa shape index (κ1) is 19.5. The molecule has 2 amide bonds. The van der Waals surface area contributed by atoms with Crippen LogP contribution in [0.4, 0.5) is 5.69 Å². The van der Waals surface area contributed by atoms with Crippen molar-refractivity contribution >= 4 is 29.1 Å². The summed E-state index contributed by atoms with van der Waals surface area (Å²) < 4.78 is 0. The van der Waals surface area contributed by atoms with E-state index in [1.807, 2.05) is 0 Å². The maximum Gasteiger partial charge on any atom is 0.251 e. The number of carbonyl (C=O) groups excluding carboxylic acids is 2. The van der Waals surface area contributed by atoms with E-state index in [1.165, 1.54) is 0 Å². The molecule has 6 heteroatoms. The molecule has 0 aliphatic rings. The largest absolute Gasteiger partial charge is 0.351 e. The molecule has 0 spiro atoms. The lowest BCUT2D eigenvalue weighted by Gasteiger charge is -2.18. The van der Waals surface area contributed by atoms with Gasteiger partial charge in [0.2, 0.25) is 5.91 Å². The van der Waals surface area contributed by atoms with E-state index >= 15 is 0 Å². The summed E-state index contributed by atoms with van der Waals surface area (Å²) in [6, 6.07) is 6.76. The third-order valence-electron chi connectivity index (χ3n) is 3.55. The number of nitrogens with one attached hydrogen (secondary N) is 2. The van der Waals surface area contributed by atoms with Crippen LogP contribution in [-0.2, 0) is 4.79 Å². The molecule has 1 rings (SSSR count). The number of hydrogen-bond acceptors (Lipinski definition) is 3. The zero-order valence-electron chi connectivity index (χ0n) is 14.3. The summed E-state index contributed by atoms with van der Waals surface area (Å²) in [6.07, 6.45) is 0. The van der Waals surface area contributed by atoms with Gasteiger partial charge in [-0.1, -0.05) is 13.8 Å². The van der Waals surface area contributed by atoms with Crippen LogP contribution in [0.5, 0.6) is 0 Å². The molecule has 1 aromatic carbocycles. The van der Waals surface area contributed by atoms with Gasteiger partial charge in [0.05, 0.1) is 0 Å². The van der Waals surface area contributed by atoms with E-state index in [0.717, 1.165) is 19.6 Å². The number of anilines is 1. The molecule has 0 heterocycles. The molecule has 1 aromatic rings. The minimum absolute atomic E-state index is 0.118. The molecule has 0 aliphatic carbocycles. The highest BCUT2D eigenvalue weighted by Gasteiger charge is 2.24. The van der Waals surface area contributed by atoms with Gasteiger partial charge in [-0.25, -0.2) is 0 Å². The highest BCUT2D eigenvalue weighted by atomic mass is 35.5. The Labute approximate surface area is 143 Å². The minimum atomic E-state index is -0.972. The third-order valence-corrected chi connectivity index (χ3v) is 3.72. The minimum Gasteiger partial charge on any atom is -0.351 e. The van der Waals surface area contributed by atoms with E-state index in [1.54, 1.807) is 38.1 Å². The average Bonchev–Trinajstić information content (AvgIpc) is 2.51. The summed E-state index contributed by atoms with van der Waals surface area (Å²) in [5.74, 6) is -0.400. The lowest BCUT2D eigenvalue weighted by molar-refractivity contribution is -0.117. The predicted molar refractivity (Wildman–Crippen MR) is 95.1 cm³/mol. The van der Waals surface area contributed by atoms with Gasteiger partial charge in [0.25, 0.3) is 5.91 Å². The summed E-state index contributed by atoms with van der Waals surface area (Å²) in [4.78, 5) is 25.1. The van der Waals surface area contributed by atoms with Crippen LogP contribution in [0.2, 0.25) is 0 Å². The average molecular weight is 340 g/mol. The number of hydrogen-bond donors (Lipinski definition) is 2. The molecular formula is C17H26ClN3O2. The maximum atomic E-state index is 12.1. The van der Waals surface area contributed by atoms with Crippen molar-refractivity contribution in [2.24, 2.45) is 0 Å². The van der Waals surface area contributed by atoms with Crippen molar-refractivity contribution in [1.29, 1.82) is 0 Å². The van der Waals surface area contributed by atoms with Gasteiger partial charge in [-0.05, 0) is 51.2 Å². The van der Waals surface area contributed by atoms with Gasteiger partial charge in [0.1, 0.15) is 4.87 Å². The monoisotopic (exact) mass is 339 g/mol. The van der Waals surface area contributed by atoms with Crippen LogP contribution in [0.25, 0.3) is 0 Å². The molecule has 0 aromatic heterocycles. The Morgan fingerprint density at radius 2 is 1.70 bits per heavy atom. The molecule has 0 fully saturated rings. The van der Waals surface area contributed by atoms with Gasteiger partial charge in [0.15, 0.2) is 0 Å². The Morgan fingerprint density at radius 1 is 1.13 bits per heavy atom. The highest BCUT2D eigenvalue weighted by molar-refractivity contribution is 6.36. The highest BCUT2D eigenvalue weighted by Crippen LogP contribution is 2.17. The summed E-state index contributed by atoms with van der Waals surface area (Å²) in [7, 11) is 0. The second-order valence-corrected chi connectivity index (χ2v) is 6.73. The van der Waals surface area contributed by atoms with Crippen molar-refractivity contribution in [1.82, 2.24) is 10.2 Å². The second kappa shape index (κ2) is 8.89. The molecule has 0 saturated carbocycles. The van der Waals surface area contributed by atoms with Crippen molar-refractivity contribution in [3.63, 3.8) is 0 Å². The molecule has 5 nitrogen and oxygen atoms in total. The fraction of sp³-hybridized carbons (Fsp3) is 0.529.